The molecule has 18 nitrogen and oxygen atoms in total. The van der Waals surface area contributed by atoms with Crippen molar-refractivity contribution in [3.63, 3.8) is 0 Å². The van der Waals surface area contributed by atoms with Crippen LogP contribution < -0.4 is 0 Å². The van der Waals surface area contributed by atoms with Gasteiger partial charge in [-0.2, -0.15) is 0 Å². The summed E-state index contributed by atoms with van der Waals surface area (Å²) in [4.78, 5) is 0. The highest BCUT2D eigenvalue weighted by molar-refractivity contribution is 5.26. The van der Waals surface area contributed by atoms with Gasteiger partial charge in [0.15, 0.2) is 18.9 Å². The zero-order valence-corrected chi connectivity index (χ0v) is 37.0. The minimum absolute atomic E-state index is 0.0928. The second kappa shape index (κ2) is 19.1. The fraction of sp³-hybridized carbons (Fsp3) is 0.956. The molecular weight excluding hydrogens is 828 g/mol. The molecule has 4 aliphatic carbocycles. The maximum absolute atomic E-state index is 11.2. The minimum atomic E-state index is -1.74. The van der Waals surface area contributed by atoms with Gasteiger partial charge in [0.05, 0.1) is 38.3 Å². The summed E-state index contributed by atoms with van der Waals surface area (Å²) < 4.78 is 42.2. The summed E-state index contributed by atoms with van der Waals surface area (Å²) in [5, 5.41) is 113. The van der Waals surface area contributed by atoms with Gasteiger partial charge in [0.2, 0.25) is 0 Å². The Morgan fingerprint density at radius 1 is 0.635 bits per heavy atom. The maximum Gasteiger partial charge on any atom is 0.187 e. The molecule has 0 radical (unpaired) electrons. The third kappa shape index (κ3) is 8.68. The third-order valence-corrected chi connectivity index (χ3v) is 17.4. The van der Waals surface area contributed by atoms with Crippen molar-refractivity contribution in [3.8, 4) is 0 Å². The van der Waals surface area contributed by atoms with Gasteiger partial charge in [0, 0.05) is 12.3 Å². The Bertz CT molecular complexity index is 1580. The van der Waals surface area contributed by atoms with Crippen LogP contribution in [0.3, 0.4) is 0 Å². The molecule has 362 valence electrons. The van der Waals surface area contributed by atoms with E-state index >= 15 is 0 Å². The second-order valence-electron chi connectivity index (χ2n) is 20.9. The number of ether oxygens (including phenoxy) is 7. The average molecular weight is 903 g/mol. The summed E-state index contributed by atoms with van der Waals surface area (Å²) >= 11 is 0. The Balaban J connectivity index is 0.872. The van der Waals surface area contributed by atoms with Crippen molar-refractivity contribution < 1.29 is 89.3 Å². The van der Waals surface area contributed by atoms with E-state index in [1.807, 2.05) is 0 Å². The van der Waals surface area contributed by atoms with Crippen molar-refractivity contribution in [1.29, 1.82) is 0 Å². The van der Waals surface area contributed by atoms with Crippen LogP contribution in [-0.2, 0) is 33.2 Å². The molecule has 18 heteroatoms. The molecule has 4 aliphatic heterocycles. The standard InChI is InChI=1S/C45H74O18/c1-19(18-57-41-38(55)35(52)32(49)28(15-46)60-41)5-8-26-20(2)31-27(59-26)14-25-23-7-6-21-13-22(9-11-44(21,3)24(23)10-12-45(25,31)4)58-43-40(37(54)34(51)30(17-48)62-43)63-42-39(56)36(53)33(50)29(16-47)61-42/h19,21-25,27-43,46-56H,5-18H2,1-4H3/t19?,21-,22+,23?,24?,25?,27?,28-,29-,30-,31?,32-,33-,34+,35+,36+,37+,38-,39-,40-,41-,42+,43-,44+,45+/m1/s1. The van der Waals surface area contributed by atoms with E-state index in [1.165, 1.54) is 5.57 Å². The first kappa shape index (κ1) is 48.3. The first-order valence-corrected chi connectivity index (χ1v) is 23.5. The van der Waals surface area contributed by atoms with Gasteiger partial charge in [-0.15, -0.1) is 0 Å². The molecule has 8 rings (SSSR count). The van der Waals surface area contributed by atoms with Crippen molar-refractivity contribution in [2.75, 3.05) is 26.4 Å². The lowest BCUT2D eigenvalue weighted by Crippen LogP contribution is -2.65. The quantitative estimate of drug-likeness (QED) is 0.101. The summed E-state index contributed by atoms with van der Waals surface area (Å²) in [5.74, 6) is 3.56. The molecule has 0 bridgehead atoms. The van der Waals surface area contributed by atoms with Crippen LogP contribution in [-0.4, -0.2) is 187 Å². The average Bonchev–Trinajstić information content (AvgIpc) is 3.76. The molecule has 8 aliphatic rings. The highest BCUT2D eigenvalue weighted by atomic mass is 16.8. The second-order valence-corrected chi connectivity index (χ2v) is 20.9. The van der Waals surface area contributed by atoms with Crippen molar-refractivity contribution in [1.82, 2.24) is 0 Å². The van der Waals surface area contributed by atoms with E-state index in [2.05, 4.69) is 27.7 Å². The molecule has 0 aromatic heterocycles. The Morgan fingerprint density at radius 2 is 1.22 bits per heavy atom. The smallest absolute Gasteiger partial charge is 0.187 e. The van der Waals surface area contributed by atoms with Crippen LogP contribution in [0.25, 0.3) is 0 Å². The molecule has 3 saturated heterocycles. The predicted octanol–water partition coefficient (Wildman–Crippen LogP) is -0.830. The number of aliphatic hydroxyl groups excluding tert-OH is 11. The topological polar surface area (TPSA) is 287 Å². The summed E-state index contributed by atoms with van der Waals surface area (Å²) in [5.41, 5.74) is 1.57. The van der Waals surface area contributed by atoms with Gasteiger partial charge in [0.25, 0.3) is 0 Å². The monoisotopic (exact) mass is 902 g/mol. The number of rotatable bonds is 13. The molecule has 63 heavy (non-hydrogen) atoms. The highest BCUT2D eigenvalue weighted by Crippen LogP contribution is 2.70. The molecule has 6 unspecified atom stereocenters. The van der Waals surface area contributed by atoms with Gasteiger partial charge in [-0.05, 0) is 111 Å². The fourth-order valence-corrected chi connectivity index (χ4v) is 13.7. The van der Waals surface area contributed by atoms with Gasteiger partial charge >= 0.3 is 0 Å². The Hall–Kier alpha value is -1.14. The van der Waals surface area contributed by atoms with Crippen LogP contribution in [0.1, 0.15) is 91.9 Å². The lowest BCUT2D eigenvalue weighted by atomic mass is 9.44. The van der Waals surface area contributed by atoms with E-state index in [0.29, 0.717) is 29.6 Å². The van der Waals surface area contributed by atoms with Crippen LogP contribution in [0.2, 0.25) is 0 Å². The van der Waals surface area contributed by atoms with Gasteiger partial charge in [-0.3, -0.25) is 0 Å². The summed E-state index contributed by atoms with van der Waals surface area (Å²) in [7, 11) is 0. The van der Waals surface area contributed by atoms with Gasteiger partial charge < -0.3 is 89.3 Å². The molecule has 0 aromatic rings. The van der Waals surface area contributed by atoms with Gasteiger partial charge in [0.1, 0.15) is 79.4 Å². The minimum Gasteiger partial charge on any atom is -0.494 e. The summed E-state index contributed by atoms with van der Waals surface area (Å²) in [6.45, 7) is 7.74. The highest BCUT2D eigenvalue weighted by Gasteiger charge is 2.65. The molecule has 0 amide bonds. The Morgan fingerprint density at radius 3 is 1.87 bits per heavy atom. The van der Waals surface area contributed by atoms with E-state index in [-0.39, 0.29) is 35.6 Å². The zero-order valence-electron chi connectivity index (χ0n) is 37.0. The number of allylic oxidation sites excluding steroid dienone is 1. The lowest BCUT2D eigenvalue weighted by molar-refractivity contribution is -0.373. The van der Waals surface area contributed by atoms with Gasteiger partial charge in [-0.25, -0.2) is 0 Å². The molecular formula is C45H74O18. The van der Waals surface area contributed by atoms with Crippen molar-refractivity contribution >= 4 is 0 Å². The largest absolute Gasteiger partial charge is 0.494 e. The molecule has 0 spiro atoms. The molecule has 7 fully saturated rings. The van der Waals surface area contributed by atoms with Crippen molar-refractivity contribution in [2.45, 2.75) is 196 Å². The number of aliphatic hydroxyl groups is 11. The zero-order chi connectivity index (χ0) is 45.3. The molecule has 4 heterocycles. The van der Waals surface area contributed by atoms with Crippen molar-refractivity contribution in [2.24, 2.45) is 46.3 Å². The molecule has 25 atom stereocenters. The first-order valence-electron chi connectivity index (χ1n) is 23.5. The lowest BCUT2D eigenvalue weighted by Gasteiger charge is -2.61. The fourth-order valence-electron chi connectivity index (χ4n) is 13.7. The number of hydrogen-bond donors (Lipinski definition) is 11. The third-order valence-electron chi connectivity index (χ3n) is 17.4. The number of hydrogen-bond acceptors (Lipinski definition) is 18. The van der Waals surface area contributed by atoms with Crippen LogP contribution >= 0.6 is 0 Å². The maximum atomic E-state index is 11.2. The summed E-state index contributed by atoms with van der Waals surface area (Å²) in [6, 6.07) is 0. The van der Waals surface area contributed by atoms with E-state index in [0.717, 1.165) is 70.0 Å². The predicted molar refractivity (Wildman–Crippen MR) is 218 cm³/mol. The van der Waals surface area contributed by atoms with E-state index < -0.39 is 112 Å². The molecule has 4 saturated carbocycles. The SMILES string of the molecule is CC1=C(CCC(C)CO[C@@H]2O[C@H](CO)[C@@H](O)[C@H](O)[C@H]2O)OC2CC3C4CC[C@@H]5C[C@@H](O[C@@H]6O[C@H](CO)[C@H](O)[C@H](O)[C@H]6O[C@@H]6O[C@H](CO)[C@@H](O)[C@H](O)[C@H]6O)CC[C@]5(C)C4CC[C@]3(C)C12. The first-order chi connectivity index (χ1) is 29.9. The van der Waals surface area contributed by atoms with Crippen LogP contribution in [0.5, 0.6) is 0 Å². The van der Waals surface area contributed by atoms with E-state index in [1.54, 1.807) is 0 Å². The summed E-state index contributed by atoms with van der Waals surface area (Å²) in [6.07, 6.45) is -12.1. The molecule has 11 N–H and O–H groups in total. The number of fused-ring (bicyclic) bond motifs is 7. The van der Waals surface area contributed by atoms with E-state index in [9.17, 15) is 56.2 Å². The normalized spacial score (nSPS) is 52.7. The van der Waals surface area contributed by atoms with Crippen molar-refractivity contribution in [3.05, 3.63) is 11.3 Å². The Kier molecular flexibility index (Phi) is 14.6. The van der Waals surface area contributed by atoms with Crippen LogP contribution in [0.15, 0.2) is 11.3 Å². The van der Waals surface area contributed by atoms with E-state index in [4.69, 9.17) is 33.2 Å². The van der Waals surface area contributed by atoms with Crippen LogP contribution in [0, 0.1) is 46.3 Å². The van der Waals surface area contributed by atoms with Crippen LogP contribution in [0.4, 0.5) is 0 Å². The van der Waals surface area contributed by atoms with Gasteiger partial charge in [-0.1, -0.05) is 20.8 Å². The Labute approximate surface area is 369 Å². The molecule has 0 aromatic carbocycles.